The van der Waals surface area contributed by atoms with Crippen LogP contribution in [-0.4, -0.2) is 29.0 Å². The molecule has 0 saturated heterocycles. The number of nitro groups is 1. The van der Waals surface area contributed by atoms with Gasteiger partial charge in [-0.1, -0.05) is 0 Å². The lowest BCUT2D eigenvalue weighted by atomic mass is 9.92. The van der Waals surface area contributed by atoms with Gasteiger partial charge >= 0.3 is 11.7 Å². The molecule has 2 rings (SSSR count). The fourth-order valence-electron chi connectivity index (χ4n) is 2.49. The fraction of sp³-hybridized carbons (Fsp3) is 0.286. The van der Waals surface area contributed by atoms with Crippen molar-refractivity contribution in [3.63, 3.8) is 0 Å². The highest BCUT2D eigenvalue weighted by Gasteiger charge is 2.32. The molecule has 23 heavy (non-hydrogen) atoms. The second-order valence-electron chi connectivity index (χ2n) is 4.97. The molecule has 1 aliphatic rings. The van der Waals surface area contributed by atoms with Gasteiger partial charge in [0.25, 0.3) is 0 Å². The average Bonchev–Trinajstić information content (AvgIpc) is 2.45. The largest absolute Gasteiger partial charge is 0.500 e. The number of carbonyl (C=O) groups excluding carboxylic acids is 2. The van der Waals surface area contributed by atoms with Gasteiger partial charge in [0.05, 0.1) is 18.1 Å². The molecule has 0 bridgehead atoms. The second-order valence-corrected chi connectivity index (χ2v) is 4.97. The SMILES string of the molecule is COc1cc([C@H]2NC(=O)NC(C)=C2C(C)=O)cc([N+](=O)[O-])c1O. The van der Waals surface area contributed by atoms with Crippen LogP contribution in [0, 0.1) is 10.1 Å². The number of aromatic hydroxyl groups is 1. The molecule has 0 spiro atoms. The van der Waals surface area contributed by atoms with E-state index in [4.69, 9.17) is 4.74 Å². The number of hydrogen-bond acceptors (Lipinski definition) is 6. The molecule has 1 aliphatic heterocycles. The first-order valence-corrected chi connectivity index (χ1v) is 6.60. The minimum absolute atomic E-state index is 0.123. The van der Waals surface area contributed by atoms with Crippen molar-refractivity contribution in [1.29, 1.82) is 0 Å². The van der Waals surface area contributed by atoms with E-state index in [9.17, 15) is 24.8 Å². The van der Waals surface area contributed by atoms with Crippen LogP contribution in [-0.2, 0) is 4.79 Å². The standard InChI is InChI=1S/C14H15N3O6/c1-6-11(7(2)18)12(16-14(20)15-6)8-4-9(17(21)22)13(19)10(5-8)23-3/h4-5,12,19H,1-3H3,(H2,15,16,20)/t12-/m1/s1. The molecular weight excluding hydrogens is 306 g/mol. The van der Waals surface area contributed by atoms with Gasteiger partial charge < -0.3 is 20.5 Å². The summed E-state index contributed by atoms with van der Waals surface area (Å²) in [7, 11) is 1.25. The maximum absolute atomic E-state index is 11.9. The maximum atomic E-state index is 11.9. The molecule has 122 valence electrons. The van der Waals surface area contributed by atoms with E-state index in [0.717, 1.165) is 6.07 Å². The Hall–Kier alpha value is -3.10. The summed E-state index contributed by atoms with van der Waals surface area (Å²) in [5.74, 6) is -1.04. The van der Waals surface area contributed by atoms with E-state index in [1.807, 2.05) is 0 Å². The number of methoxy groups -OCH3 is 1. The minimum atomic E-state index is -0.880. The average molecular weight is 321 g/mol. The van der Waals surface area contributed by atoms with Crippen LogP contribution in [0.15, 0.2) is 23.4 Å². The Morgan fingerprint density at radius 1 is 1.43 bits per heavy atom. The van der Waals surface area contributed by atoms with Crippen LogP contribution in [0.5, 0.6) is 11.5 Å². The van der Waals surface area contributed by atoms with Crippen LogP contribution in [0.2, 0.25) is 0 Å². The highest BCUT2D eigenvalue weighted by molar-refractivity contribution is 5.98. The normalized spacial score (nSPS) is 17.3. The summed E-state index contributed by atoms with van der Waals surface area (Å²) < 4.78 is 4.93. The molecule has 1 heterocycles. The number of amides is 2. The van der Waals surface area contributed by atoms with Gasteiger partial charge in [0.2, 0.25) is 5.75 Å². The lowest BCUT2D eigenvalue weighted by Gasteiger charge is -2.28. The first-order valence-electron chi connectivity index (χ1n) is 6.60. The zero-order chi connectivity index (χ0) is 17.3. The smallest absolute Gasteiger partial charge is 0.319 e. The number of ketones is 1. The predicted molar refractivity (Wildman–Crippen MR) is 79.1 cm³/mol. The van der Waals surface area contributed by atoms with E-state index in [1.165, 1.54) is 20.1 Å². The third-order valence-corrected chi connectivity index (χ3v) is 3.48. The number of nitrogens with one attached hydrogen (secondary N) is 2. The summed E-state index contributed by atoms with van der Waals surface area (Å²) in [4.78, 5) is 33.9. The van der Waals surface area contributed by atoms with Gasteiger partial charge in [-0.05, 0) is 25.5 Å². The topological polar surface area (TPSA) is 131 Å². The monoisotopic (exact) mass is 321 g/mol. The zero-order valence-corrected chi connectivity index (χ0v) is 12.7. The molecule has 0 aliphatic carbocycles. The number of phenolic OH excluding ortho intramolecular Hbond substituents is 1. The molecule has 0 radical (unpaired) electrons. The highest BCUT2D eigenvalue weighted by Crippen LogP contribution is 2.40. The summed E-state index contributed by atoms with van der Waals surface area (Å²) >= 11 is 0. The number of nitro benzene ring substituents is 1. The Balaban J connectivity index is 2.66. The lowest BCUT2D eigenvalue weighted by Crippen LogP contribution is -2.44. The fourth-order valence-corrected chi connectivity index (χ4v) is 2.49. The van der Waals surface area contributed by atoms with Gasteiger partial charge in [-0.15, -0.1) is 0 Å². The number of ether oxygens (including phenoxy) is 1. The van der Waals surface area contributed by atoms with Crippen molar-refractivity contribution in [3.8, 4) is 11.5 Å². The molecular formula is C14H15N3O6. The molecule has 1 aromatic rings. The summed E-state index contributed by atoms with van der Waals surface area (Å²) in [6, 6.07) is 1.03. The summed E-state index contributed by atoms with van der Waals surface area (Å²) in [5, 5.41) is 25.9. The number of Topliss-reactive ketones (excluding diaryl/α,β-unsaturated/α-hetero) is 1. The molecule has 2 amide bonds. The van der Waals surface area contributed by atoms with Crippen LogP contribution in [0.25, 0.3) is 0 Å². The summed E-state index contributed by atoms with van der Waals surface area (Å²) in [5.41, 5.74) is 0.311. The lowest BCUT2D eigenvalue weighted by molar-refractivity contribution is -0.386. The quantitative estimate of drug-likeness (QED) is 0.569. The molecule has 0 fully saturated rings. The van der Waals surface area contributed by atoms with Gasteiger partial charge in [-0.25, -0.2) is 4.79 Å². The van der Waals surface area contributed by atoms with E-state index < -0.39 is 28.4 Å². The Morgan fingerprint density at radius 2 is 2.09 bits per heavy atom. The zero-order valence-electron chi connectivity index (χ0n) is 12.7. The highest BCUT2D eigenvalue weighted by atomic mass is 16.6. The number of phenols is 1. The number of carbonyl (C=O) groups is 2. The van der Waals surface area contributed by atoms with Crippen molar-refractivity contribution in [2.75, 3.05) is 7.11 Å². The molecule has 9 nitrogen and oxygen atoms in total. The van der Waals surface area contributed by atoms with Crippen LogP contribution in [0.1, 0.15) is 25.5 Å². The summed E-state index contributed by atoms with van der Waals surface area (Å²) in [6.07, 6.45) is 0. The van der Waals surface area contributed by atoms with Crippen molar-refractivity contribution in [1.82, 2.24) is 10.6 Å². The number of urea groups is 1. The van der Waals surface area contributed by atoms with Gasteiger partial charge in [0.15, 0.2) is 11.5 Å². The van der Waals surface area contributed by atoms with Gasteiger partial charge in [0.1, 0.15) is 0 Å². The maximum Gasteiger partial charge on any atom is 0.319 e. The molecule has 0 saturated carbocycles. The Labute approximate surface area is 131 Å². The number of allylic oxidation sites excluding steroid dienone is 1. The minimum Gasteiger partial charge on any atom is -0.500 e. The first kappa shape index (κ1) is 16.3. The third-order valence-electron chi connectivity index (χ3n) is 3.48. The molecule has 3 N–H and O–H groups in total. The van der Waals surface area contributed by atoms with Crippen molar-refractivity contribution < 1.29 is 24.4 Å². The van der Waals surface area contributed by atoms with E-state index in [0.29, 0.717) is 5.70 Å². The molecule has 0 unspecified atom stereocenters. The number of hydrogen-bond donors (Lipinski definition) is 3. The van der Waals surface area contributed by atoms with E-state index in [-0.39, 0.29) is 22.7 Å². The van der Waals surface area contributed by atoms with Crippen LogP contribution in [0.4, 0.5) is 10.5 Å². The molecule has 0 aromatic heterocycles. The number of rotatable bonds is 4. The van der Waals surface area contributed by atoms with E-state index in [1.54, 1.807) is 6.92 Å². The van der Waals surface area contributed by atoms with E-state index in [2.05, 4.69) is 10.6 Å². The third kappa shape index (κ3) is 2.93. The molecule has 1 aromatic carbocycles. The van der Waals surface area contributed by atoms with Crippen LogP contribution in [0.3, 0.4) is 0 Å². The van der Waals surface area contributed by atoms with Crippen molar-refractivity contribution in [2.24, 2.45) is 0 Å². The Bertz CT molecular complexity index is 740. The second kappa shape index (κ2) is 5.95. The van der Waals surface area contributed by atoms with Gasteiger partial charge in [0, 0.05) is 17.3 Å². The number of benzene rings is 1. The predicted octanol–water partition coefficient (Wildman–Crippen LogP) is 1.53. The van der Waals surface area contributed by atoms with Gasteiger partial charge in [-0.2, -0.15) is 0 Å². The first-order chi connectivity index (χ1) is 10.8. The Morgan fingerprint density at radius 3 is 2.61 bits per heavy atom. The van der Waals surface area contributed by atoms with Crippen molar-refractivity contribution >= 4 is 17.5 Å². The van der Waals surface area contributed by atoms with Crippen molar-refractivity contribution in [3.05, 3.63) is 39.1 Å². The molecule has 9 heteroatoms. The molecule has 1 atom stereocenters. The summed E-state index contributed by atoms with van der Waals surface area (Å²) in [6.45, 7) is 2.89. The number of nitrogens with zero attached hydrogens (tertiary/aromatic N) is 1. The van der Waals surface area contributed by atoms with Crippen LogP contribution >= 0.6 is 0 Å². The van der Waals surface area contributed by atoms with Gasteiger partial charge in [-0.3, -0.25) is 14.9 Å². The van der Waals surface area contributed by atoms with Crippen LogP contribution < -0.4 is 15.4 Å². The van der Waals surface area contributed by atoms with Crippen molar-refractivity contribution in [2.45, 2.75) is 19.9 Å². The van der Waals surface area contributed by atoms with E-state index >= 15 is 0 Å². The Kier molecular flexibility index (Phi) is 4.21.